The van der Waals surface area contributed by atoms with Gasteiger partial charge in [-0.25, -0.2) is 0 Å². The molecule has 20 heavy (non-hydrogen) atoms. The number of aryl methyl sites for hydroxylation is 2. The van der Waals surface area contributed by atoms with Gasteiger partial charge in [-0.1, -0.05) is 19.4 Å². The SMILES string of the molecule is CCCCN(C)C(=O)CC(=O)Nc1ccc(C)c(C)c1. The molecule has 0 bridgehead atoms. The van der Waals surface area contributed by atoms with Crippen LogP contribution >= 0.6 is 0 Å². The second-order valence-electron chi connectivity index (χ2n) is 5.19. The first kappa shape index (κ1) is 16.2. The third-order valence-electron chi connectivity index (χ3n) is 3.38. The lowest BCUT2D eigenvalue weighted by Crippen LogP contribution is -2.31. The van der Waals surface area contributed by atoms with Gasteiger partial charge >= 0.3 is 0 Å². The maximum Gasteiger partial charge on any atom is 0.233 e. The number of nitrogens with one attached hydrogen (secondary N) is 1. The number of benzene rings is 1. The molecule has 0 radical (unpaired) electrons. The molecule has 0 saturated heterocycles. The summed E-state index contributed by atoms with van der Waals surface area (Å²) >= 11 is 0. The van der Waals surface area contributed by atoms with Crippen molar-refractivity contribution in [1.29, 1.82) is 0 Å². The predicted molar refractivity (Wildman–Crippen MR) is 81.7 cm³/mol. The van der Waals surface area contributed by atoms with Crippen LogP contribution in [0.1, 0.15) is 37.3 Å². The first-order chi connectivity index (χ1) is 9.43. The number of amides is 2. The minimum atomic E-state index is -0.262. The standard InChI is InChI=1S/C16H24N2O2/c1-5-6-9-18(4)16(20)11-15(19)17-14-8-7-12(2)13(3)10-14/h7-8,10H,5-6,9,11H2,1-4H3,(H,17,19). The average Bonchev–Trinajstić information content (AvgIpc) is 2.40. The van der Waals surface area contributed by atoms with Crippen LogP contribution in [0.2, 0.25) is 0 Å². The molecule has 0 fully saturated rings. The molecule has 4 heteroatoms. The fourth-order valence-electron chi connectivity index (χ4n) is 1.82. The van der Waals surface area contributed by atoms with Gasteiger partial charge in [0.1, 0.15) is 6.42 Å². The van der Waals surface area contributed by atoms with Crippen molar-refractivity contribution in [3.63, 3.8) is 0 Å². The van der Waals surface area contributed by atoms with Crippen LogP contribution in [-0.4, -0.2) is 30.3 Å². The van der Waals surface area contributed by atoms with Crippen molar-refractivity contribution in [1.82, 2.24) is 4.90 Å². The van der Waals surface area contributed by atoms with Gasteiger partial charge < -0.3 is 10.2 Å². The van der Waals surface area contributed by atoms with Gasteiger partial charge in [-0.15, -0.1) is 0 Å². The Labute approximate surface area is 121 Å². The van der Waals surface area contributed by atoms with Crippen LogP contribution in [0.25, 0.3) is 0 Å². The summed E-state index contributed by atoms with van der Waals surface area (Å²) in [5.41, 5.74) is 3.04. The van der Waals surface area contributed by atoms with Gasteiger partial charge in [-0.3, -0.25) is 9.59 Å². The van der Waals surface area contributed by atoms with Crippen molar-refractivity contribution in [2.75, 3.05) is 18.9 Å². The van der Waals surface area contributed by atoms with E-state index in [0.717, 1.165) is 24.1 Å². The molecule has 110 valence electrons. The summed E-state index contributed by atoms with van der Waals surface area (Å²) in [5.74, 6) is -0.401. The van der Waals surface area contributed by atoms with Gasteiger partial charge in [0, 0.05) is 19.3 Å². The van der Waals surface area contributed by atoms with Gasteiger partial charge in [-0.05, 0) is 43.5 Å². The van der Waals surface area contributed by atoms with Crippen molar-refractivity contribution in [2.24, 2.45) is 0 Å². The molecule has 0 aliphatic carbocycles. The molecule has 0 aliphatic heterocycles. The zero-order valence-electron chi connectivity index (χ0n) is 12.8. The third kappa shape index (κ3) is 5.03. The van der Waals surface area contributed by atoms with Crippen LogP contribution in [0.5, 0.6) is 0 Å². The normalized spacial score (nSPS) is 10.2. The van der Waals surface area contributed by atoms with E-state index in [1.165, 1.54) is 5.56 Å². The Bertz CT molecular complexity index is 483. The van der Waals surface area contributed by atoms with Gasteiger partial charge in [0.05, 0.1) is 0 Å². The summed E-state index contributed by atoms with van der Waals surface area (Å²) in [6, 6.07) is 5.73. The number of hydrogen-bond acceptors (Lipinski definition) is 2. The number of carbonyl (C=O) groups excluding carboxylic acids is 2. The Balaban J connectivity index is 2.50. The van der Waals surface area contributed by atoms with Crippen LogP contribution in [0.4, 0.5) is 5.69 Å². The van der Waals surface area contributed by atoms with Crippen molar-refractivity contribution in [3.05, 3.63) is 29.3 Å². The van der Waals surface area contributed by atoms with Crippen LogP contribution in [0.15, 0.2) is 18.2 Å². The average molecular weight is 276 g/mol. The Morgan fingerprint density at radius 3 is 2.50 bits per heavy atom. The summed E-state index contributed by atoms with van der Waals surface area (Å²) in [6.45, 7) is 6.79. The second kappa shape index (κ2) is 7.68. The summed E-state index contributed by atoms with van der Waals surface area (Å²) in [6.07, 6.45) is 1.89. The van der Waals surface area contributed by atoms with Gasteiger partial charge in [0.25, 0.3) is 0 Å². The lowest BCUT2D eigenvalue weighted by molar-refractivity contribution is -0.133. The number of unbranched alkanes of at least 4 members (excludes halogenated alkanes) is 1. The van der Waals surface area contributed by atoms with E-state index in [0.29, 0.717) is 6.54 Å². The summed E-state index contributed by atoms with van der Waals surface area (Å²) in [4.78, 5) is 25.3. The van der Waals surface area contributed by atoms with E-state index in [1.807, 2.05) is 32.0 Å². The van der Waals surface area contributed by atoms with E-state index in [4.69, 9.17) is 0 Å². The molecule has 0 atom stereocenters. The van der Waals surface area contributed by atoms with Gasteiger partial charge in [-0.2, -0.15) is 0 Å². The van der Waals surface area contributed by atoms with Gasteiger partial charge in [0.2, 0.25) is 11.8 Å². The number of rotatable bonds is 6. The maximum atomic E-state index is 11.8. The lowest BCUT2D eigenvalue weighted by Gasteiger charge is -2.16. The number of nitrogens with zero attached hydrogens (tertiary/aromatic N) is 1. The van der Waals surface area contributed by atoms with Crippen molar-refractivity contribution < 1.29 is 9.59 Å². The largest absolute Gasteiger partial charge is 0.345 e. The molecule has 2 amide bonds. The quantitative estimate of drug-likeness (QED) is 0.812. The zero-order valence-corrected chi connectivity index (χ0v) is 12.8. The minimum Gasteiger partial charge on any atom is -0.345 e. The van der Waals surface area contributed by atoms with Crippen molar-refractivity contribution >= 4 is 17.5 Å². The monoisotopic (exact) mass is 276 g/mol. The minimum absolute atomic E-state index is 0.104. The third-order valence-corrected chi connectivity index (χ3v) is 3.38. The summed E-state index contributed by atoms with van der Waals surface area (Å²) in [5, 5.41) is 2.77. The van der Waals surface area contributed by atoms with E-state index < -0.39 is 0 Å². The highest BCUT2D eigenvalue weighted by Crippen LogP contribution is 2.14. The van der Waals surface area contributed by atoms with Crippen LogP contribution in [-0.2, 0) is 9.59 Å². The first-order valence-electron chi connectivity index (χ1n) is 7.05. The Hall–Kier alpha value is -1.84. The van der Waals surface area contributed by atoms with Crippen LogP contribution in [0.3, 0.4) is 0 Å². The van der Waals surface area contributed by atoms with Crippen LogP contribution in [0, 0.1) is 13.8 Å². The zero-order chi connectivity index (χ0) is 15.1. The van der Waals surface area contributed by atoms with Crippen molar-refractivity contribution in [2.45, 2.75) is 40.0 Å². The number of carbonyl (C=O) groups is 2. The van der Waals surface area contributed by atoms with Gasteiger partial charge in [0.15, 0.2) is 0 Å². The van der Waals surface area contributed by atoms with E-state index in [9.17, 15) is 9.59 Å². The fourth-order valence-corrected chi connectivity index (χ4v) is 1.82. The molecule has 1 rings (SSSR count). The first-order valence-corrected chi connectivity index (χ1v) is 7.05. The summed E-state index contributed by atoms with van der Waals surface area (Å²) in [7, 11) is 1.74. The van der Waals surface area contributed by atoms with Crippen LogP contribution < -0.4 is 5.32 Å². The molecule has 1 aromatic carbocycles. The van der Waals surface area contributed by atoms with Crippen molar-refractivity contribution in [3.8, 4) is 0 Å². The lowest BCUT2D eigenvalue weighted by atomic mass is 10.1. The molecule has 0 aromatic heterocycles. The molecule has 0 saturated carbocycles. The molecule has 0 aliphatic rings. The topological polar surface area (TPSA) is 49.4 Å². The highest BCUT2D eigenvalue weighted by Gasteiger charge is 2.13. The second-order valence-corrected chi connectivity index (χ2v) is 5.19. The molecular formula is C16H24N2O2. The molecular weight excluding hydrogens is 252 g/mol. The fraction of sp³-hybridized carbons (Fsp3) is 0.500. The number of anilines is 1. The Morgan fingerprint density at radius 2 is 1.90 bits per heavy atom. The molecule has 0 heterocycles. The molecule has 4 nitrogen and oxygen atoms in total. The van der Waals surface area contributed by atoms with E-state index in [1.54, 1.807) is 11.9 Å². The van der Waals surface area contributed by atoms with E-state index in [2.05, 4.69) is 12.2 Å². The molecule has 1 aromatic rings. The van der Waals surface area contributed by atoms with E-state index in [-0.39, 0.29) is 18.2 Å². The Kier molecular flexibility index (Phi) is 6.22. The summed E-state index contributed by atoms with van der Waals surface area (Å²) < 4.78 is 0. The highest BCUT2D eigenvalue weighted by molar-refractivity contribution is 6.03. The number of hydrogen-bond donors (Lipinski definition) is 1. The maximum absolute atomic E-state index is 11.8. The Morgan fingerprint density at radius 1 is 1.20 bits per heavy atom. The highest BCUT2D eigenvalue weighted by atomic mass is 16.2. The molecule has 1 N–H and O–H groups in total. The molecule has 0 unspecified atom stereocenters. The smallest absolute Gasteiger partial charge is 0.233 e. The van der Waals surface area contributed by atoms with E-state index >= 15 is 0 Å². The predicted octanol–water partition coefficient (Wildman–Crippen LogP) is 2.89. The molecule has 0 spiro atoms.